The van der Waals surface area contributed by atoms with Crippen LogP contribution < -0.4 is 14.8 Å². The van der Waals surface area contributed by atoms with E-state index in [9.17, 15) is 9.90 Å². The van der Waals surface area contributed by atoms with Gasteiger partial charge in [-0.25, -0.2) is 4.79 Å². The normalized spacial score (nSPS) is 13.4. The van der Waals surface area contributed by atoms with Crippen LogP contribution in [0.5, 0.6) is 11.5 Å². The minimum atomic E-state index is -0.825. The molecule has 6 nitrogen and oxygen atoms in total. The summed E-state index contributed by atoms with van der Waals surface area (Å²) in [6, 6.07) is 7.27. The Bertz CT molecular complexity index is 843. The number of aliphatic hydroxyl groups is 1. The van der Waals surface area contributed by atoms with Gasteiger partial charge >= 0.3 is 6.09 Å². The van der Waals surface area contributed by atoms with E-state index in [0.717, 1.165) is 24.0 Å². The minimum absolute atomic E-state index is 0.493. The molecule has 0 fully saturated rings. The lowest BCUT2D eigenvalue weighted by Gasteiger charge is -2.26. The van der Waals surface area contributed by atoms with Crippen LogP contribution in [-0.2, 0) is 17.6 Å². The van der Waals surface area contributed by atoms with E-state index in [0.29, 0.717) is 24.3 Å². The number of hydrogen-bond donors (Lipinski definition) is 2. The Morgan fingerprint density at radius 3 is 2.45 bits per heavy atom. The Kier molecular flexibility index (Phi) is 9.19. The fourth-order valence-corrected chi connectivity index (χ4v) is 4.31. The summed E-state index contributed by atoms with van der Waals surface area (Å²) in [7, 11) is 3.20. The Balaban J connectivity index is 2.17. The lowest BCUT2D eigenvalue weighted by molar-refractivity contribution is 0.0414. The summed E-state index contributed by atoms with van der Waals surface area (Å²) in [6.45, 7) is 7.58. The molecule has 2 atom stereocenters. The molecule has 0 spiro atoms. The maximum absolute atomic E-state index is 12.4. The van der Waals surface area contributed by atoms with Crippen LogP contribution in [0, 0.1) is 0 Å². The van der Waals surface area contributed by atoms with Crippen molar-refractivity contribution in [1.29, 1.82) is 0 Å². The lowest BCUT2D eigenvalue weighted by atomic mass is 9.97. The van der Waals surface area contributed by atoms with Crippen molar-refractivity contribution in [3.63, 3.8) is 0 Å². The number of thiophene rings is 1. The monoisotopic (exact) mass is 449 g/mol. The standard InChI is InChI=1S/C24H35NO5S/c1-7-8-18-14-17(15-31-18)22(26)19(25-23(27)30-24(2,3)4)11-9-16-10-12-20(28-5)21(13-16)29-6/h10,12-15,19,22,26H,7-9,11H2,1-6H3,(H,25,27)/t19-,22?/m1/s1. The summed E-state index contributed by atoms with van der Waals surface area (Å²) in [5, 5.41) is 15.9. The van der Waals surface area contributed by atoms with Crippen LogP contribution in [0.4, 0.5) is 4.79 Å². The molecule has 31 heavy (non-hydrogen) atoms. The molecule has 2 N–H and O–H groups in total. The van der Waals surface area contributed by atoms with E-state index in [4.69, 9.17) is 14.2 Å². The summed E-state index contributed by atoms with van der Waals surface area (Å²) < 4.78 is 16.1. The molecule has 1 unspecified atom stereocenters. The number of alkyl carbamates (subject to hydrolysis) is 1. The van der Waals surface area contributed by atoms with Crippen molar-refractivity contribution < 1.29 is 24.1 Å². The maximum Gasteiger partial charge on any atom is 0.407 e. The topological polar surface area (TPSA) is 77.0 Å². The van der Waals surface area contributed by atoms with E-state index in [-0.39, 0.29) is 0 Å². The predicted molar refractivity (Wildman–Crippen MR) is 124 cm³/mol. The molecule has 0 saturated carbocycles. The van der Waals surface area contributed by atoms with Gasteiger partial charge in [0.05, 0.1) is 20.3 Å². The van der Waals surface area contributed by atoms with Gasteiger partial charge in [-0.15, -0.1) is 11.3 Å². The molecule has 1 aromatic carbocycles. The van der Waals surface area contributed by atoms with Gasteiger partial charge in [-0.05, 0) is 74.7 Å². The Hall–Kier alpha value is -2.25. The number of methoxy groups -OCH3 is 2. The lowest BCUT2D eigenvalue weighted by Crippen LogP contribution is -2.42. The van der Waals surface area contributed by atoms with Gasteiger partial charge < -0.3 is 24.6 Å². The van der Waals surface area contributed by atoms with Crippen LogP contribution >= 0.6 is 11.3 Å². The van der Waals surface area contributed by atoms with E-state index in [1.165, 1.54) is 4.88 Å². The average molecular weight is 450 g/mol. The Labute approximate surface area is 189 Å². The quantitative estimate of drug-likeness (QED) is 0.516. The summed E-state index contributed by atoms with van der Waals surface area (Å²) in [5.74, 6) is 1.32. The number of aliphatic hydroxyl groups excluding tert-OH is 1. The van der Waals surface area contributed by atoms with Crippen molar-refractivity contribution in [1.82, 2.24) is 5.32 Å². The Morgan fingerprint density at radius 2 is 1.84 bits per heavy atom. The number of ether oxygens (including phenoxy) is 3. The molecule has 1 aromatic heterocycles. The van der Waals surface area contributed by atoms with E-state index < -0.39 is 23.8 Å². The first-order valence-corrected chi connectivity index (χ1v) is 11.5. The number of carbonyl (C=O) groups excluding carboxylic acids is 1. The fourth-order valence-electron chi connectivity index (χ4n) is 3.29. The molecule has 172 valence electrons. The van der Waals surface area contributed by atoms with E-state index in [2.05, 4.69) is 12.2 Å². The summed E-state index contributed by atoms with van der Waals surface area (Å²) in [4.78, 5) is 13.7. The van der Waals surface area contributed by atoms with Crippen molar-refractivity contribution in [3.05, 3.63) is 45.6 Å². The third kappa shape index (κ3) is 7.74. The van der Waals surface area contributed by atoms with Crippen LogP contribution in [0.1, 0.15) is 62.6 Å². The molecule has 0 radical (unpaired) electrons. The number of amides is 1. The molecule has 7 heteroatoms. The second kappa shape index (κ2) is 11.4. The number of benzene rings is 1. The molecule has 0 aliphatic carbocycles. The van der Waals surface area contributed by atoms with Crippen molar-refractivity contribution in [3.8, 4) is 11.5 Å². The number of nitrogens with one attached hydrogen (secondary N) is 1. The second-order valence-electron chi connectivity index (χ2n) is 8.52. The average Bonchev–Trinajstić information content (AvgIpc) is 3.17. The SMILES string of the molecule is CCCc1cc(C(O)[C@@H](CCc2ccc(OC)c(OC)c2)NC(=O)OC(C)(C)C)cs1. The number of carbonyl (C=O) groups is 1. The highest BCUT2D eigenvalue weighted by molar-refractivity contribution is 7.10. The number of hydrogen-bond acceptors (Lipinski definition) is 6. The van der Waals surface area contributed by atoms with E-state index in [1.807, 2.05) is 50.4 Å². The smallest absolute Gasteiger partial charge is 0.407 e. The van der Waals surface area contributed by atoms with Gasteiger partial charge in [0.2, 0.25) is 0 Å². The minimum Gasteiger partial charge on any atom is -0.493 e. The molecule has 1 heterocycles. The third-order valence-corrected chi connectivity index (χ3v) is 5.80. The first-order valence-electron chi connectivity index (χ1n) is 10.6. The largest absolute Gasteiger partial charge is 0.493 e. The highest BCUT2D eigenvalue weighted by Crippen LogP contribution is 2.30. The summed E-state index contributed by atoms with van der Waals surface area (Å²) >= 11 is 1.64. The number of aryl methyl sites for hydroxylation is 2. The van der Waals surface area contributed by atoms with Gasteiger partial charge in [0.15, 0.2) is 11.5 Å². The van der Waals surface area contributed by atoms with E-state index in [1.54, 1.807) is 25.6 Å². The third-order valence-electron chi connectivity index (χ3n) is 4.79. The van der Waals surface area contributed by atoms with Crippen molar-refractivity contribution in [2.45, 2.75) is 71.1 Å². The van der Waals surface area contributed by atoms with Gasteiger partial charge in [-0.3, -0.25) is 0 Å². The summed E-state index contributed by atoms with van der Waals surface area (Å²) in [6.07, 6.45) is 1.85. The first kappa shape index (κ1) is 25.0. The maximum atomic E-state index is 12.4. The fraction of sp³-hybridized carbons (Fsp3) is 0.542. The van der Waals surface area contributed by atoms with Gasteiger partial charge in [-0.2, -0.15) is 0 Å². The number of rotatable bonds is 10. The van der Waals surface area contributed by atoms with Gasteiger partial charge in [0.25, 0.3) is 0 Å². The van der Waals surface area contributed by atoms with Crippen LogP contribution in [0.3, 0.4) is 0 Å². The molecular weight excluding hydrogens is 414 g/mol. The van der Waals surface area contributed by atoms with Gasteiger partial charge in [0.1, 0.15) is 11.7 Å². The highest BCUT2D eigenvalue weighted by atomic mass is 32.1. The predicted octanol–water partition coefficient (Wildman–Crippen LogP) is 5.28. The van der Waals surface area contributed by atoms with Gasteiger partial charge in [0, 0.05) is 4.88 Å². The summed E-state index contributed by atoms with van der Waals surface area (Å²) in [5.41, 5.74) is 1.24. The molecular formula is C24H35NO5S. The van der Waals surface area contributed by atoms with Gasteiger partial charge in [-0.1, -0.05) is 19.4 Å². The van der Waals surface area contributed by atoms with Crippen molar-refractivity contribution in [2.24, 2.45) is 0 Å². The second-order valence-corrected chi connectivity index (χ2v) is 9.52. The zero-order valence-electron chi connectivity index (χ0n) is 19.4. The van der Waals surface area contributed by atoms with Crippen LogP contribution in [0.25, 0.3) is 0 Å². The molecule has 0 aliphatic heterocycles. The highest BCUT2D eigenvalue weighted by Gasteiger charge is 2.26. The first-order chi connectivity index (χ1) is 14.7. The van der Waals surface area contributed by atoms with Crippen molar-refractivity contribution in [2.75, 3.05) is 14.2 Å². The molecule has 1 amide bonds. The van der Waals surface area contributed by atoms with Crippen LogP contribution in [-0.4, -0.2) is 37.1 Å². The zero-order chi connectivity index (χ0) is 23.0. The molecule has 0 aliphatic rings. The van der Waals surface area contributed by atoms with Crippen LogP contribution in [0.15, 0.2) is 29.6 Å². The molecule has 2 aromatic rings. The van der Waals surface area contributed by atoms with E-state index >= 15 is 0 Å². The van der Waals surface area contributed by atoms with Crippen molar-refractivity contribution >= 4 is 17.4 Å². The molecule has 2 rings (SSSR count). The molecule has 0 saturated heterocycles. The molecule has 0 bridgehead atoms. The van der Waals surface area contributed by atoms with Crippen LogP contribution in [0.2, 0.25) is 0 Å². The zero-order valence-corrected chi connectivity index (χ0v) is 20.2. The Morgan fingerprint density at radius 1 is 1.13 bits per heavy atom.